The lowest BCUT2D eigenvalue weighted by molar-refractivity contribution is -0.0705. The highest BCUT2D eigenvalue weighted by molar-refractivity contribution is 6.74. The summed E-state index contributed by atoms with van der Waals surface area (Å²) >= 11 is 0. The molecule has 0 aromatic heterocycles. The summed E-state index contributed by atoms with van der Waals surface area (Å²) in [5.41, 5.74) is 1.26. The SMILES string of the molecule is CCC/C=C/C=C/C=C(\C)[C@@H]1OC[C@@H](C)C[C@H]1O[Si](C)(C)C(C)(C)C. The van der Waals surface area contributed by atoms with E-state index in [9.17, 15) is 0 Å². The molecule has 0 aromatic rings. The molecular formula is C22H40O2Si. The first-order valence-electron chi connectivity index (χ1n) is 9.88. The van der Waals surface area contributed by atoms with E-state index in [0.29, 0.717) is 5.92 Å². The lowest BCUT2D eigenvalue weighted by atomic mass is 9.93. The van der Waals surface area contributed by atoms with Crippen LogP contribution < -0.4 is 0 Å². The molecule has 3 heteroatoms. The molecule has 0 amide bonds. The van der Waals surface area contributed by atoms with E-state index in [1.165, 1.54) is 12.0 Å². The minimum atomic E-state index is -1.80. The molecule has 3 atom stereocenters. The van der Waals surface area contributed by atoms with Gasteiger partial charge in [0.05, 0.1) is 12.7 Å². The quantitative estimate of drug-likeness (QED) is 0.371. The van der Waals surface area contributed by atoms with Gasteiger partial charge in [-0.25, -0.2) is 0 Å². The van der Waals surface area contributed by atoms with Gasteiger partial charge >= 0.3 is 0 Å². The van der Waals surface area contributed by atoms with Crippen molar-refractivity contribution >= 4 is 8.32 Å². The van der Waals surface area contributed by atoms with E-state index in [2.05, 4.69) is 85.0 Å². The normalized spacial score (nSPS) is 26.7. The van der Waals surface area contributed by atoms with Crippen LogP contribution in [0.15, 0.2) is 36.0 Å². The molecule has 0 saturated carbocycles. The number of ether oxygens (including phenoxy) is 1. The Morgan fingerprint density at radius 1 is 1.20 bits per heavy atom. The van der Waals surface area contributed by atoms with Crippen LogP contribution in [0.25, 0.3) is 0 Å². The topological polar surface area (TPSA) is 18.5 Å². The number of unbranched alkanes of at least 4 members (excludes halogenated alkanes) is 1. The van der Waals surface area contributed by atoms with Gasteiger partial charge in [-0.05, 0) is 49.4 Å². The van der Waals surface area contributed by atoms with Gasteiger partial charge in [0, 0.05) is 0 Å². The molecule has 1 heterocycles. The molecular weight excluding hydrogens is 324 g/mol. The highest BCUT2D eigenvalue weighted by atomic mass is 28.4. The van der Waals surface area contributed by atoms with Gasteiger partial charge in [0.25, 0.3) is 0 Å². The van der Waals surface area contributed by atoms with Crippen LogP contribution in [0.1, 0.15) is 60.8 Å². The van der Waals surface area contributed by atoms with Crippen molar-refractivity contribution in [2.75, 3.05) is 6.61 Å². The molecule has 0 aromatic carbocycles. The number of rotatable bonds is 7. The Kier molecular flexibility index (Phi) is 8.86. The molecule has 1 rings (SSSR count). The fourth-order valence-electron chi connectivity index (χ4n) is 2.76. The smallest absolute Gasteiger partial charge is 0.192 e. The Bertz CT molecular complexity index is 483. The zero-order valence-electron chi connectivity index (χ0n) is 17.8. The van der Waals surface area contributed by atoms with Gasteiger partial charge in [0.2, 0.25) is 0 Å². The third-order valence-corrected chi connectivity index (χ3v) is 9.91. The molecule has 25 heavy (non-hydrogen) atoms. The molecule has 0 unspecified atom stereocenters. The van der Waals surface area contributed by atoms with E-state index in [4.69, 9.17) is 9.16 Å². The van der Waals surface area contributed by atoms with E-state index in [1.54, 1.807) is 0 Å². The van der Waals surface area contributed by atoms with Gasteiger partial charge < -0.3 is 9.16 Å². The van der Waals surface area contributed by atoms with Crippen molar-refractivity contribution in [1.29, 1.82) is 0 Å². The molecule has 1 aliphatic heterocycles. The molecule has 144 valence electrons. The first kappa shape index (κ1) is 22.4. The Morgan fingerprint density at radius 3 is 2.48 bits per heavy atom. The van der Waals surface area contributed by atoms with Gasteiger partial charge in [0.15, 0.2) is 8.32 Å². The molecule has 0 radical (unpaired) electrons. The highest BCUT2D eigenvalue weighted by Crippen LogP contribution is 2.40. The molecule has 1 fully saturated rings. The molecule has 0 N–H and O–H groups in total. The second-order valence-corrected chi connectivity index (χ2v) is 13.8. The second kappa shape index (κ2) is 9.89. The van der Waals surface area contributed by atoms with E-state index >= 15 is 0 Å². The second-order valence-electron chi connectivity index (χ2n) is 9.02. The van der Waals surface area contributed by atoms with Crippen LogP contribution in [-0.4, -0.2) is 27.1 Å². The fourth-order valence-corrected chi connectivity index (χ4v) is 4.09. The van der Waals surface area contributed by atoms with E-state index < -0.39 is 8.32 Å². The van der Waals surface area contributed by atoms with E-state index in [-0.39, 0.29) is 17.2 Å². The third-order valence-electron chi connectivity index (χ3n) is 5.41. The minimum Gasteiger partial charge on any atom is -0.411 e. The molecule has 1 aliphatic rings. The largest absolute Gasteiger partial charge is 0.411 e. The average Bonchev–Trinajstić information content (AvgIpc) is 2.49. The molecule has 0 aliphatic carbocycles. The predicted molar refractivity (Wildman–Crippen MR) is 113 cm³/mol. The summed E-state index contributed by atoms with van der Waals surface area (Å²) in [6.45, 7) is 19.0. The predicted octanol–water partition coefficient (Wildman–Crippen LogP) is 6.66. The van der Waals surface area contributed by atoms with Crippen LogP contribution in [-0.2, 0) is 9.16 Å². The monoisotopic (exact) mass is 364 g/mol. The molecule has 1 saturated heterocycles. The van der Waals surface area contributed by atoms with Crippen molar-refractivity contribution < 1.29 is 9.16 Å². The van der Waals surface area contributed by atoms with Crippen LogP contribution in [0, 0.1) is 5.92 Å². The minimum absolute atomic E-state index is 0.0783. The van der Waals surface area contributed by atoms with Crippen LogP contribution >= 0.6 is 0 Å². The van der Waals surface area contributed by atoms with Gasteiger partial charge in [-0.1, -0.05) is 71.4 Å². The first-order chi connectivity index (χ1) is 11.6. The van der Waals surface area contributed by atoms with Crippen molar-refractivity contribution in [2.24, 2.45) is 5.92 Å². The summed E-state index contributed by atoms with van der Waals surface area (Å²) in [4.78, 5) is 0. The summed E-state index contributed by atoms with van der Waals surface area (Å²) in [5.74, 6) is 0.561. The Balaban J connectivity index is 2.83. The number of allylic oxidation sites excluding steroid dienone is 5. The van der Waals surface area contributed by atoms with Crippen molar-refractivity contribution in [1.82, 2.24) is 0 Å². The zero-order chi connectivity index (χ0) is 19.1. The molecule has 0 bridgehead atoms. The Labute approximate surface area is 157 Å². The lowest BCUT2D eigenvalue weighted by Crippen LogP contribution is -2.50. The first-order valence-corrected chi connectivity index (χ1v) is 12.8. The maximum atomic E-state index is 6.74. The summed E-state index contributed by atoms with van der Waals surface area (Å²) < 4.78 is 12.9. The van der Waals surface area contributed by atoms with Crippen molar-refractivity contribution in [2.45, 2.75) is 91.1 Å². The van der Waals surface area contributed by atoms with Crippen LogP contribution in [0.2, 0.25) is 18.1 Å². The van der Waals surface area contributed by atoms with Crippen LogP contribution in [0.3, 0.4) is 0 Å². The van der Waals surface area contributed by atoms with Gasteiger partial charge in [-0.2, -0.15) is 0 Å². The van der Waals surface area contributed by atoms with Crippen LogP contribution in [0.5, 0.6) is 0 Å². The Morgan fingerprint density at radius 2 is 1.88 bits per heavy atom. The van der Waals surface area contributed by atoms with Gasteiger partial charge in [-0.3, -0.25) is 0 Å². The standard InChI is InChI=1S/C22H40O2Si/c1-9-10-11-12-13-14-15-19(3)21-20(16-18(2)17-23-21)24-25(7,8)22(4,5)6/h11-15,18,20-21H,9-10,16-17H2,1-8H3/b12-11+,14-13+,19-15+/t18-,20+,21-/m0/s1. The zero-order valence-corrected chi connectivity index (χ0v) is 18.8. The van der Waals surface area contributed by atoms with Crippen LogP contribution in [0.4, 0.5) is 0 Å². The number of hydrogen-bond acceptors (Lipinski definition) is 2. The van der Waals surface area contributed by atoms with Crippen molar-refractivity contribution in [3.05, 3.63) is 36.0 Å². The molecule has 2 nitrogen and oxygen atoms in total. The highest BCUT2D eigenvalue weighted by Gasteiger charge is 2.42. The fraction of sp³-hybridized carbons (Fsp3) is 0.727. The summed E-state index contributed by atoms with van der Waals surface area (Å²) in [6, 6.07) is 0. The maximum absolute atomic E-state index is 6.74. The van der Waals surface area contributed by atoms with Crippen molar-refractivity contribution in [3.8, 4) is 0 Å². The maximum Gasteiger partial charge on any atom is 0.192 e. The molecule has 0 spiro atoms. The number of hydrogen-bond donors (Lipinski definition) is 0. The summed E-state index contributed by atoms with van der Waals surface area (Å²) in [6.07, 6.45) is 14.4. The van der Waals surface area contributed by atoms with E-state index in [1.807, 2.05) is 0 Å². The van der Waals surface area contributed by atoms with E-state index in [0.717, 1.165) is 19.4 Å². The Hall–Kier alpha value is -0.643. The van der Waals surface area contributed by atoms with Crippen molar-refractivity contribution in [3.63, 3.8) is 0 Å². The lowest BCUT2D eigenvalue weighted by Gasteiger charge is -2.44. The third kappa shape index (κ3) is 7.24. The van der Waals surface area contributed by atoms with Gasteiger partial charge in [0.1, 0.15) is 6.10 Å². The average molecular weight is 365 g/mol. The summed E-state index contributed by atoms with van der Waals surface area (Å²) in [5, 5.41) is 0.222. The summed E-state index contributed by atoms with van der Waals surface area (Å²) in [7, 11) is -1.80. The van der Waals surface area contributed by atoms with Gasteiger partial charge in [-0.15, -0.1) is 0 Å².